The van der Waals surface area contributed by atoms with E-state index in [0.717, 1.165) is 32.1 Å². The molecule has 1 saturated heterocycles. The molecule has 1 amide bonds. The van der Waals surface area contributed by atoms with Crippen molar-refractivity contribution in [2.45, 2.75) is 25.8 Å². The van der Waals surface area contributed by atoms with E-state index >= 15 is 0 Å². The van der Waals surface area contributed by atoms with Crippen molar-refractivity contribution in [2.75, 3.05) is 33.2 Å². The van der Waals surface area contributed by atoms with Crippen molar-refractivity contribution in [3.8, 4) is 0 Å². The van der Waals surface area contributed by atoms with Crippen molar-refractivity contribution < 1.29 is 4.79 Å². The Morgan fingerprint density at radius 1 is 1.18 bits per heavy atom. The number of carbonyl (C=O) groups excluding carboxylic acids is 1. The molecule has 1 heterocycles. The highest BCUT2D eigenvalue weighted by molar-refractivity contribution is 14.0. The maximum atomic E-state index is 11.2. The van der Waals surface area contributed by atoms with Gasteiger partial charge in [0.15, 0.2) is 5.96 Å². The Morgan fingerprint density at radius 3 is 2.12 bits per heavy atom. The van der Waals surface area contributed by atoms with E-state index in [1.165, 1.54) is 12.8 Å². The molecule has 6 heteroatoms. The fourth-order valence-corrected chi connectivity index (χ4v) is 1.94. The molecular formula is C11H21IN4O. The maximum Gasteiger partial charge on any atom is 0.219 e. The fraction of sp³-hybridized carbons (Fsp3) is 0.818. The predicted molar refractivity (Wildman–Crippen MR) is 78.8 cm³/mol. The van der Waals surface area contributed by atoms with Crippen LogP contribution in [0.2, 0.25) is 0 Å². The van der Waals surface area contributed by atoms with E-state index < -0.39 is 0 Å². The van der Waals surface area contributed by atoms with E-state index in [-0.39, 0.29) is 29.9 Å². The number of guanidine groups is 1. The molecule has 1 aliphatic heterocycles. The molecular weight excluding hydrogens is 331 g/mol. The standard InChI is InChI=1S/C11H20N4O.HI/c1-9(16)14-5-7-15(8-6-14)11(12-2)13-10-3-4-10;/h10H,3-8H2,1-2H3,(H,12,13);1H. The summed E-state index contributed by atoms with van der Waals surface area (Å²) in [6, 6.07) is 0.629. The Balaban J connectivity index is 0.00000144. The van der Waals surface area contributed by atoms with Gasteiger partial charge < -0.3 is 15.1 Å². The molecule has 5 nitrogen and oxygen atoms in total. The number of aliphatic imine (C=N–C) groups is 1. The Hall–Kier alpha value is -0.530. The van der Waals surface area contributed by atoms with Crippen LogP contribution in [0.1, 0.15) is 19.8 Å². The summed E-state index contributed by atoms with van der Waals surface area (Å²) in [5.74, 6) is 1.16. The summed E-state index contributed by atoms with van der Waals surface area (Å²) in [5, 5.41) is 3.43. The highest BCUT2D eigenvalue weighted by Crippen LogP contribution is 2.19. The van der Waals surface area contributed by atoms with Gasteiger partial charge in [-0.25, -0.2) is 0 Å². The minimum absolute atomic E-state index is 0. The average molecular weight is 352 g/mol. The van der Waals surface area contributed by atoms with E-state index in [4.69, 9.17) is 0 Å². The van der Waals surface area contributed by atoms with Crippen molar-refractivity contribution in [1.29, 1.82) is 0 Å². The first kappa shape index (κ1) is 14.5. The summed E-state index contributed by atoms with van der Waals surface area (Å²) in [6.07, 6.45) is 2.51. The molecule has 0 atom stereocenters. The number of amides is 1. The van der Waals surface area contributed by atoms with Gasteiger partial charge in [-0.2, -0.15) is 0 Å². The van der Waals surface area contributed by atoms with Crippen molar-refractivity contribution in [3.63, 3.8) is 0 Å². The smallest absolute Gasteiger partial charge is 0.219 e. The van der Waals surface area contributed by atoms with Crippen LogP contribution in [-0.2, 0) is 4.79 Å². The number of hydrogen-bond donors (Lipinski definition) is 1. The Kier molecular flexibility index (Phi) is 5.48. The van der Waals surface area contributed by atoms with Crippen molar-refractivity contribution >= 4 is 35.8 Å². The lowest BCUT2D eigenvalue weighted by Crippen LogP contribution is -2.53. The molecule has 2 rings (SSSR count). The van der Waals surface area contributed by atoms with E-state index in [0.29, 0.717) is 6.04 Å². The maximum absolute atomic E-state index is 11.2. The molecule has 2 fully saturated rings. The van der Waals surface area contributed by atoms with Crippen LogP contribution in [0.5, 0.6) is 0 Å². The van der Waals surface area contributed by atoms with Gasteiger partial charge in [0.05, 0.1) is 0 Å². The molecule has 17 heavy (non-hydrogen) atoms. The van der Waals surface area contributed by atoms with Crippen LogP contribution in [0.25, 0.3) is 0 Å². The molecule has 0 radical (unpaired) electrons. The quantitative estimate of drug-likeness (QED) is 0.425. The number of rotatable bonds is 1. The van der Waals surface area contributed by atoms with Crippen LogP contribution in [0.4, 0.5) is 0 Å². The van der Waals surface area contributed by atoms with E-state index in [9.17, 15) is 4.79 Å². The average Bonchev–Trinajstić information content (AvgIpc) is 3.10. The Bertz CT molecular complexity index is 296. The lowest BCUT2D eigenvalue weighted by Gasteiger charge is -2.36. The second-order valence-electron chi connectivity index (χ2n) is 4.46. The number of nitrogens with zero attached hydrogens (tertiary/aromatic N) is 3. The number of piperazine rings is 1. The van der Waals surface area contributed by atoms with E-state index in [2.05, 4.69) is 15.2 Å². The zero-order valence-electron chi connectivity index (χ0n) is 10.5. The number of carbonyl (C=O) groups is 1. The minimum Gasteiger partial charge on any atom is -0.354 e. The van der Waals surface area contributed by atoms with Gasteiger partial charge in [-0.1, -0.05) is 0 Å². The molecule has 1 saturated carbocycles. The minimum atomic E-state index is 0. The van der Waals surface area contributed by atoms with Crippen LogP contribution in [0.3, 0.4) is 0 Å². The van der Waals surface area contributed by atoms with Gasteiger partial charge in [0.1, 0.15) is 0 Å². The molecule has 98 valence electrons. The lowest BCUT2D eigenvalue weighted by molar-refractivity contribution is -0.130. The van der Waals surface area contributed by atoms with Crippen LogP contribution in [0.15, 0.2) is 4.99 Å². The fourth-order valence-electron chi connectivity index (χ4n) is 1.94. The topological polar surface area (TPSA) is 47.9 Å². The first-order valence-corrected chi connectivity index (χ1v) is 5.94. The molecule has 0 aromatic heterocycles. The summed E-state index contributed by atoms with van der Waals surface area (Å²) >= 11 is 0. The zero-order chi connectivity index (χ0) is 11.5. The highest BCUT2D eigenvalue weighted by atomic mass is 127. The van der Waals surface area contributed by atoms with Gasteiger partial charge in [0, 0.05) is 46.2 Å². The highest BCUT2D eigenvalue weighted by Gasteiger charge is 2.26. The van der Waals surface area contributed by atoms with Crippen LogP contribution < -0.4 is 5.32 Å². The zero-order valence-corrected chi connectivity index (χ0v) is 12.8. The Labute approximate surface area is 120 Å². The molecule has 2 aliphatic rings. The summed E-state index contributed by atoms with van der Waals surface area (Å²) in [5.41, 5.74) is 0. The molecule has 0 aromatic carbocycles. The first-order chi connectivity index (χ1) is 7.70. The van der Waals surface area contributed by atoms with Gasteiger partial charge in [-0.05, 0) is 12.8 Å². The van der Waals surface area contributed by atoms with Gasteiger partial charge in [0.25, 0.3) is 0 Å². The monoisotopic (exact) mass is 352 g/mol. The third-order valence-corrected chi connectivity index (χ3v) is 3.15. The first-order valence-electron chi connectivity index (χ1n) is 5.94. The lowest BCUT2D eigenvalue weighted by atomic mass is 10.3. The van der Waals surface area contributed by atoms with Crippen LogP contribution in [0, 0.1) is 0 Å². The number of hydrogen-bond acceptors (Lipinski definition) is 2. The van der Waals surface area contributed by atoms with Gasteiger partial charge >= 0.3 is 0 Å². The van der Waals surface area contributed by atoms with Crippen molar-refractivity contribution in [2.24, 2.45) is 4.99 Å². The third-order valence-electron chi connectivity index (χ3n) is 3.15. The van der Waals surface area contributed by atoms with E-state index in [1.54, 1.807) is 6.92 Å². The van der Waals surface area contributed by atoms with Gasteiger partial charge in [-0.15, -0.1) is 24.0 Å². The van der Waals surface area contributed by atoms with Crippen LogP contribution >= 0.6 is 24.0 Å². The van der Waals surface area contributed by atoms with Crippen molar-refractivity contribution in [1.82, 2.24) is 15.1 Å². The molecule has 0 unspecified atom stereocenters. The third kappa shape index (κ3) is 4.01. The normalized spacial score (nSPS) is 20.9. The molecule has 0 aromatic rings. The molecule has 0 spiro atoms. The Morgan fingerprint density at radius 2 is 1.71 bits per heavy atom. The van der Waals surface area contributed by atoms with Crippen molar-refractivity contribution in [3.05, 3.63) is 0 Å². The molecule has 1 aliphatic carbocycles. The number of nitrogens with one attached hydrogen (secondary N) is 1. The second kappa shape index (κ2) is 6.42. The van der Waals surface area contributed by atoms with Gasteiger partial charge in [0.2, 0.25) is 5.91 Å². The summed E-state index contributed by atoms with van der Waals surface area (Å²) < 4.78 is 0. The SMILES string of the molecule is CN=C(NC1CC1)N1CCN(C(C)=O)CC1.I. The second-order valence-corrected chi connectivity index (χ2v) is 4.46. The predicted octanol–water partition coefficient (Wildman–Crippen LogP) is 0.506. The summed E-state index contributed by atoms with van der Waals surface area (Å²) in [4.78, 5) is 19.6. The summed E-state index contributed by atoms with van der Waals surface area (Å²) in [7, 11) is 1.82. The molecule has 1 N–H and O–H groups in total. The largest absolute Gasteiger partial charge is 0.354 e. The summed E-state index contributed by atoms with van der Waals surface area (Å²) in [6.45, 7) is 5.01. The van der Waals surface area contributed by atoms with Crippen LogP contribution in [-0.4, -0.2) is 60.9 Å². The van der Waals surface area contributed by atoms with Gasteiger partial charge in [-0.3, -0.25) is 9.79 Å². The molecule has 0 bridgehead atoms. The van der Waals surface area contributed by atoms with E-state index in [1.807, 2.05) is 11.9 Å². The number of halogens is 1.